The summed E-state index contributed by atoms with van der Waals surface area (Å²) in [6.45, 7) is 6.41. The number of amidine groups is 1. The third-order valence-electron chi connectivity index (χ3n) is 6.22. The lowest BCUT2D eigenvalue weighted by molar-refractivity contribution is -0.137. The minimum absolute atomic E-state index is 0.131. The molecule has 180 valence electrons. The highest BCUT2D eigenvalue weighted by atomic mass is 16.5. The molecule has 9 nitrogen and oxygen atoms in total. The summed E-state index contributed by atoms with van der Waals surface area (Å²) < 4.78 is 7.41. The van der Waals surface area contributed by atoms with Crippen LogP contribution in [0.1, 0.15) is 55.0 Å². The number of aromatic nitrogens is 3. The van der Waals surface area contributed by atoms with E-state index in [4.69, 9.17) is 14.7 Å². The average Bonchev–Trinajstić information content (AvgIpc) is 2.96. The molecular formula is C26H28N6O3. The molecule has 1 aromatic carbocycles. The maximum Gasteiger partial charge on any atom is 0.343 e. The van der Waals surface area contributed by atoms with E-state index in [9.17, 15) is 9.59 Å². The van der Waals surface area contributed by atoms with E-state index < -0.39 is 11.9 Å². The second kappa shape index (κ2) is 9.32. The lowest BCUT2D eigenvalue weighted by Gasteiger charge is -2.14. The van der Waals surface area contributed by atoms with Crippen LogP contribution in [-0.2, 0) is 22.5 Å². The number of ether oxygens (including phenoxy) is 1. The van der Waals surface area contributed by atoms with Crippen LogP contribution in [0.5, 0.6) is 0 Å². The van der Waals surface area contributed by atoms with Crippen molar-refractivity contribution < 1.29 is 14.3 Å². The zero-order valence-corrected chi connectivity index (χ0v) is 20.1. The Morgan fingerprint density at radius 3 is 2.80 bits per heavy atom. The van der Waals surface area contributed by atoms with Crippen molar-refractivity contribution in [1.82, 2.24) is 19.9 Å². The van der Waals surface area contributed by atoms with Gasteiger partial charge in [0.2, 0.25) is 0 Å². The van der Waals surface area contributed by atoms with Crippen LogP contribution in [0.15, 0.2) is 46.6 Å². The molecule has 0 unspecified atom stereocenters. The summed E-state index contributed by atoms with van der Waals surface area (Å²) in [6.07, 6.45) is 4.15. The summed E-state index contributed by atoms with van der Waals surface area (Å²) in [4.78, 5) is 40.7. The molecule has 0 fully saturated rings. The lowest BCUT2D eigenvalue weighted by Crippen LogP contribution is -2.35. The van der Waals surface area contributed by atoms with E-state index in [1.54, 1.807) is 19.9 Å². The molecule has 2 aliphatic heterocycles. The number of fused-ring (bicyclic) bond motifs is 4. The maximum absolute atomic E-state index is 13.7. The molecule has 4 heterocycles. The number of amides is 1. The highest BCUT2D eigenvalue weighted by Gasteiger charge is 2.28. The number of carbonyl (C=O) groups excluding carboxylic acids is 2. The van der Waals surface area contributed by atoms with Gasteiger partial charge in [-0.3, -0.25) is 4.79 Å². The van der Waals surface area contributed by atoms with Crippen molar-refractivity contribution in [3.63, 3.8) is 0 Å². The minimum atomic E-state index is -0.561. The summed E-state index contributed by atoms with van der Waals surface area (Å²) >= 11 is 0. The SMILES string of the molecule is CCOC(=O)C1=C(C)Nc2ccccc2N=C1NC(=O)c1cc(C)nc2c1nc1n2CCCCC1. The molecule has 2 aliphatic rings. The largest absolute Gasteiger partial charge is 0.462 e. The number of allylic oxidation sites excluding steroid dienone is 1. The van der Waals surface area contributed by atoms with Gasteiger partial charge in [-0.1, -0.05) is 18.6 Å². The number of hydrogen-bond donors (Lipinski definition) is 2. The van der Waals surface area contributed by atoms with Crippen molar-refractivity contribution in [3.05, 3.63) is 58.7 Å². The molecule has 1 amide bonds. The van der Waals surface area contributed by atoms with Gasteiger partial charge < -0.3 is 19.9 Å². The molecule has 0 radical (unpaired) electrons. The Morgan fingerprint density at radius 2 is 1.97 bits per heavy atom. The standard InChI is InChI=1S/C26H28N6O3/c1-4-35-26(34)21-16(3)28-18-10-7-8-11-19(18)29-23(21)31-25(33)17-14-15(2)27-24-22(17)30-20-12-6-5-9-13-32(20)24/h7-8,10-11,14,28H,4-6,9,12-13H2,1-3H3,(H,29,31,33). The number of aryl methyl sites for hydroxylation is 3. The Labute approximate surface area is 203 Å². The number of anilines is 1. The van der Waals surface area contributed by atoms with E-state index in [0.29, 0.717) is 22.5 Å². The third-order valence-corrected chi connectivity index (χ3v) is 6.22. The van der Waals surface area contributed by atoms with Gasteiger partial charge in [-0.25, -0.2) is 19.8 Å². The Kier molecular flexibility index (Phi) is 6.07. The third kappa shape index (κ3) is 4.29. The van der Waals surface area contributed by atoms with E-state index in [1.165, 1.54) is 0 Å². The highest BCUT2D eigenvalue weighted by molar-refractivity contribution is 6.26. The van der Waals surface area contributed by atoms with Gasteiger partial charge in [0, 0.05) is 24.4 Å². The van der Waals surface area contributed by atoms with Gasteiger partial charge in [0.1, 0.15) is 22.7 Å². The molecule has 2 aromatic heterocycles. The lowest BCUT2D eigenvalue weighted by atomic mass is 10.1. The van der Waals surface area contributed by atoms with E-state index in [2.05, 4.69) is 20.2 Å². The van der Waals surface area contributed by atoms with Crippen molar-refractivity contribution in [2.75, 3.05) is 11.9 Å². The number of esters is 1. The predicted octanol–water partition coefficient (Wildman–Crippen LogP) is 4.19. The Hall–Kier alpha value is -4.01. The summed E-state index contributed by atoms with van der Waals surface area (Å²) in [6, 6.07) is 9.14. The van der Waals surface area contributed by atoms with Crippen LogP contribution in [0.2, 0.25) is 0 Å². The number of benzene rings is 1. The van der Waals surface area contributed by atoms with Gasteiger partial charge in [-0.05, 0) is 51.8 Å². The van der Waals surface area contributed by atoms with Gasteiger partial charge in [0.15, 0.2) is 5.65 Å². The second-order valence-corrected chi connectivity index (χ2v) is 8.75. The minimum Gasteiger partial charge on any atom is -0.462 e. The van der Waals surface area contributed by atoms with E-state index in [-0.39, 0.29) is 18.0 Å². The topological polar surface area (TPSA) is 110 Å². The quantitative estimate of drug-likeness (QED) is 0.553. The first-order valence-electron chi connectivity index (χ1n) is 12.0. The molecule has 3 aromatic rings. The number of pyridine rings is 1. The van der Waals surface area contributed by atoms with E-state index in [1.807, 2.05) is 31.2 Å². The number of para-hydroxylation sites is 2. The Bertz CT molecular complexity index is 1400. The Balaban J connectivity index is 1.59. The normalized spacial score (nSPS) is 15.3. The molecule has 35 heavy (non-hydrogen) atoms. The number of rotatable bonds is 3. The fraction of sp³-hybridized carbons (Fsp3) is 0.346. The van der Waals surface area contributed by atoms with Gasteiger partial charge in [-0.15, -0.1) is 0 Å². The van der Waals surface area contributed by atoms with Crippen LogP contribution >= 0.6 is 0 Å². The monoisotopic (exact) mass is 472 g/mol. The zero-order chi connectivity index (χ0) is 24.5. The summed E-state index contributed by atoms with van der Waals surface area (Å²) in [5.74, 6) is 0.125. The van der Waals surface area contributed by atoms with Crippen LogP contribution < -0.4 is 10.6 Å². The van der Waals surface area contributed by atoms with Crippen LogP contribution in [0, 0.1) is 6.92 Å². The fourth-order valence-electron chi connectivity index (χ4n) is 4.60. The summed E-state index contributed by atoms with van der Waals surface area (Å²) in [7, 11) is 0. The number of imidazole rings is 1. The van der Waals surface area contributed by atoms with Crippen LogP contribution in [0.4, 0.5) is 11.4 Å². The molecule has 9 heteroatoms. The van der Waals surface area contributed by atoms with Crippen LogP contribution in [0.25, 0.3) is 11.2 Å². The second-order valence-electron chi connectivity index (χ2n) is 8.75. The first-order chi connectivity index (χ1) is 17.0. The van der Waals surface area contributed by atoms with Crippen LogP contribution in [0.3, 0.4) is 0 Å². The van der Waals surface area contributed by atoms with Crippen molar-refractivity contribution >= 4 is 40.3 Å². The predicted molar refractivity (Wildman–Crippen MR) is 134 cm³/mol. The highest BCUT2D eigenvalue weighted by Crippen LogP contribution is 2.30. The van der Waals surface area contributed by atoms with Crippen molar-refractivity contribution in [2.45, 2.75) is 53.0 Å². The van der Waals surface area contributed by atoms with E-state index >= 15 is 0 Å². The molecule has 0 aliphatic carbocycles. The molecule has 0 saturated heterocycles. The molecule has 5 rings (SSSR count). The smallest absolute Gasteiger partial charge is 0.343 e. The average molecular weight is 473 g/mol. The van der Waals surface area contributed by atoms with Gasteiger partial charge in [0.25, 0.3) is 5.91 Å². The zero-order valence-electron chi connectivity index (χ0n) is 20.1. The Morgan fingerprint density at radius 1 is 1.14 bits per heavy atom. The number of aliphatic imine (C=N–C) groups is 1. The summed E-state index contributed by atoms with van der Waals surface area (Å²) in [5.41, 5.74) is 4.47. The van der Waals surface area contributed by atoms with Crippen molar-refractivity contribution in [1.29, 1.82) is 0 Å². The molecule has 0 saturated carbocycles. The number of nitrogens with one attached hydrogen (secondary N) is 2. The maximum atomic E-state index is 13.7. The number of carbonyl (C=O) groups is 2. The first kappa shape index (κ1) is 22.8. The van der Waals surface area contributed by atoms with Gasteiger partial charge in [0.05, 0.1) is 23.5 Å². The summed E-state index contributed by atoms with van der Waals surface area (Å²) in [5, 5.41) is 6.10. The van der Waals surface area contributed by atoms with Crippen LogP contribution in [-0.4, -0.2) is 38.9 Å². The van der Waals surface area contributed by atoms with Crippen molar-refractivity contribution in [2.24, 2.45) is 4.99 Å². The van der Waals surface area contributed by atoms with Crippen molar-refractivity contribution in [3.8, 4) is 0 Å². The molecule has 0 bridgehead atoms. The number of hydrogen-bond acceptors (Lipinski definition) is 7. The molecule has 0 atom stereocenters. The fourth-order valence-corrected chi connectivity index (χ4v) is 4.60. The number of nitrogens with zero attached hydrogens (tertiary/aromatic N) is 4. The van der Waals surface area contributed by atoms with Gasteiger partial charge in [-0.2, -0.15) is 0 Å². The molecular weight excluding hydrogens is 444 g/mol. The van der Waals surface area contributed by atoms with Gasteiger partial charge >= 0.3 is 5.97 Å². The first-order valence-corrected chi connectivity index (χ1v) is 12.0. The van der Waals surface area contributed by atoms with E-state index in [0.717, 1.165) is 55.1 Å². The molecule has 2 N–H and O–H groups in total. The molecule has 0 spiro atoms.